The van der Waals surface area contributed by atoms with Crippen molar-refractivity contribution in [2.75, 3.05) is 59.2 Å². The molecule has 0 amide bonds. The van der Waals surface area contributed by atoms with Gasteiger partial charge in [-0.1, -0.05) is 12.1 Å². The van der Waals surface area contributed by atoms with Crippen LogP contribution in [0.25, 0.3) is 0 Å². The molecule has 2 rings (SSSR count). The van der Waals surface area contributed by atoms with Gasteiger partial charge < -0.3 is 19.7 Å². The van der Waals surface area contributed by atoms with Gasteiger partial charge in [-0.2, -0.15) is 4.31 Å². The molecule has 1 atom stereocenters. The third kappa shape index (κ3) is 8.79. The molecule has 0 bridgehead atoms. The van der Waals surface area contributed by atoms with E-state index in [-0.39, 0.29) is 54.4 Å². The first kappa shape index (κ1) is 28.0. The van der Waals surface area contributed by atoms with Gasteiger partial charge in [0, 0.05) is 46.9 Å². The molecule has 0 aromatic heterocycles. The summed E-state index contributed by atoms with van der Waals surface area (Å²) in [7, 11) is -0.0422. The van der Waals surface area contributed by atoms with E-state index in [1.54, 1.807) is 26.3 Å². The van der Waals surface area contributed by atoms with Crippen LogP contribution in [0, 0.1) is 5.82 Å². The van der Waals surface area contributed by atoms with Crippen LogP contribution in [0.5, 0.6) is 0 Å². The fraction of sp³-hybridized carbons (Fsp3) is 0.650. The molecule has 1 heterocycles. The molecule has 8 nitrogen and oxygen atoms in total. The highest BCUT2D eigenvalue weighted by atomic mass is 127. The van der Waals surface area contributed by atoms with E-state index in [0.29, 0.717) is 38.7 Å². The Kier molecular flexibility index (Phi) is 12.2. The summed E-state index contributed by atoms with van der Waals surface area (Å²) in [5, 5.41) is 3.27. The molecule has 0 spiro atoms. The lowest BCUT2D eigenvalue weighted by molar-refractivity contribution is 0.0904. The molecule has 1 N–H and O–H groups in total. The maximum atomic E-state index is 13.1. The molecule has 0 radical (unpaired) electrons. The van der Waals surface area contributed by atoms with Crippen molar-refractivity contribution in [2.24, 2.45) is 4.99 Å². The van der Waals surface area contributed by atoms with Gasteiger partial charge in [-0.05, 0) is 31.5 Å². The lowest BCUT2D eigenvalue weighted by Gasteiger charge is -2.36. The average Bonchev–Trinajstić information content (AvgIpc) is 2.72. The smallest absolute Gasteiger partial charge is 0.216 e. The fourth-order valence-electron chi connectivity index (χ4n) is 3.23. The number of rotatable bonds is 9. The first-order valence-corrected chi connectivity index (χ1v) is 11.7. The van der Waals surface area contributed by atoms with Crippen molar-refractivity contribution >= 4 is 40.0 Å². The number of aliphatic imine (C=N–C) groups is 1. The van der Waals surface area contributed by atoms with Crippen LogP contribution in [0.3, 0.4) is 0 Å². The Labute approximate surface area is 202 Å². The van der Waals surface area contributed by atoms with Crippen molar-refractivity contribution in [3.05, 3.63) is 35.6 Å². The minimum absolute atomic E-state index is 0. The highest BCUT2D eigenvalue weighted by Crippen LogP contribution is 2.16. The predicted octanol–water partition coefficient (Wildman–Crippen LogP) is 2.08. The van der Waals surface area contributed by atoms with E-state index in [1.165, 1.54) is 16.4 Å². The molecular weight excluding hydrogens is 538 g/mol. The zero-order valence-electron chi connectivity index (χ0n) is 18.6. The Morgan fingerprint density at radius 3 is 2.32 bits per heavy atom. The van der Waals surface area contributed by atoms with Gasteiger partial charge in [0.2, 0.25) is 10.0 Å². The maximum Gasteiger partial charge on any atom is 0.216 e. The second-order valence-corrected chi connectivity index (χ2v) is 9.41. The first-order chi connectivity index (χ1) is 14.3. The minimum atomic E-state index is -3.33. The van der Waals surface area contributed by atoms with Gasteiger partial charge in [-0.3, -0.25) is 4.99 Å². The van der Waals surface area contributed by atoms with Crippen molar-refractivity contribution in [1.82, 2.24) is 14.5 Å². The van der Waals surface area contributed by atoms with Crippen LogP contribution in [-0.4, -0.2) is 88.9 Å². The Morgan fingerprint density at radius 1 is 1.19 bits per heavy atom. The summed E-state index contributed by atoms with van der Waals surface area (Å²) >= 11 is 0. The van der Waals surface area contributed by atoms with E-state index < -0.39 is 10.0 Å². The zero-order chi connectivity index (χ0) is 22.1. The molecular formula is C20H34FIN4O4S. The summed E-state index contributed by atoms with van der Waals surface area (Å²) in [6, 6.07) is 6.20. The number of benzene rings is 1. The van der Waals surface area contributed by atoms with Gasteiger partial charge in [0.15, 0.2) is 5.96 Å². The van der Waals surface area contributed by atoms with Crippen LogP contribution in [0.2, 0.25) is 0 Å². The van der Waals surface area contributed by atoms with E-state index in [1.807, 2.05) is 18.7 Å². The third-order valence-electron chi connectivity index (χ3n) is 4.91. The average molecular weight is 572 g/mol. The molecule has 1 aliphatic heterocycles. The molecule has 31 heavy (non-hydrogen) atoms. The molecule has 1 unspecified atom stereocenters. The van der Waals surface area contributed by atoms with Gasteiger partial charge in [0.1, 0.15) is 5.82 Å². The van der Waals surface area contributed by atoms with E-state index in [0.717, 1.165) is 5.56 Å². The molecule has 1 fully saturated rings. The van der Waals surface area contributed by atoms with Gasteiger partial charge in [-0.15, -0.1) is 24.0 Å². The number of nitrogens with zero attached hydrogens (tertiary/aromatic N) is 3. The van der Waals surface area contributed by atoms with Crippen LogP contribution in [0.4, 0.5) is 4.39 Å². The van der Waals surface area contributed by atoms with E-state index in [4.69, 9.17) is 9.47 Å². The monoisotopic (exact) mass is 572 g/mol. The van der Waals surface area contributed by atoms with Crippen molar-refractivity contribution < 1.29 is 22.3 Å². The molecule has 1 saturated heterocycles. The molecule has 0 saturated carbocycles. The number of hydrogen-bond donors (Lipinski definition) is 1. The van der Waals surface area contributed by atoms with Crippen LogP contribution in [0.1, 0.15) is 25.5 Å². The molecule has 1 aromatic rings. The van der Waals surface area contributed by atoms with E-state index >= 15 is 0 Å². The topological polar surface area (TPSA) is 83.5 Å². The van der Waals surface area contributed by atoms with E-state index in [2.05, 4.69) is 10.3 Å². The van der Waals surface area contributed by atoms with Gasteiger partial charge in [-0.25, -0.2) is 12.8 Å². The number of piperazine rings is 1. The minimum Gasteiger partial charge on any atom is -0.378 e. The Hall–Kier alpha value is -1.02. The Balaban J connectivity index is 0.00000480. The number of hydrogen-bond acceptors (Lipinski definition) is 5. The highest BCUT2D eigenvalue weighted by molar-refractivity contribution is 14.0. The van der Waals surface area contributed by atoms with Gasteiger partial charge in [0.05, 0.1) is 24.6 Å². The molecule has 1 aliphatic rings. The standard InChI is InChI=1S/C20H33FN4O4S.HI/c1-16(2)29-13-14-30(26,27)25-11-9-24(10-12-25)20(22-3)23-15-19(28-4)17-5-7-18(21)8-6-17;/h5-8,16,19H,9-15H2,1-4H3,(H,22,23);1H. The van der Waals surface area contributed by atoms with Crippen LogP contribution < -0.4 is 5.32 Å². The fourth-order valence-corrected chi connectivity index (χ4v) is 4.51. The largest absolute Gasteiger partial charge is 0.378 e. The number of methoxy groups -OCH3 is 1. The van der Waals surface area contributed by atoms with Gasteiger partial charge in [0.25, 0.3) is 0 Å². The predicted molar refractivity (Wildman–Crippen MR) is 131 cm³/mol. The van der Waals surface area contributed by atoms with Crippen LogP contribution in [-0.2, 0) is 19.5 Å². The third-order valence-corrected chi connectivity index (χ3v) is 6.74. The highest BCUT2D eigenvalue weighted by Gasteiger charge is 2.28. The number of guanidine groups is 1. The lowest BCUT2D eigenvalue weighted by atomic mass is 10.1. The van der Waals surface area contributed by atoms with Crippen molar-refractivity contribution in [2.45, 2.75) is 26.1 Å². The Morgan fingerprint density at radius 2 is 1.81 bits per heavy atom. The molecule has 1 aromatic carbocycles. The number of nitrogens with one attached hydrogen (secondary N) is 1. The number of ether oxygens (including phenoxy) is 2. The zero-order valence-corrected chi connectivity index (χ0v) is 21.7. The molecule has 11 heteroatoms. The van der Waals surface area contributed by atoms with E-state index in [9.17, 15) is 12.8 Å². The summed E-state index contributed by atoms with van der Waals surface area (Å²) in [4.78, 5) is 6.33. The number of sulfonamides is 1. The first-order valence-electron chi connectivity index (χ1n) is 10.1. The van der Waals surface area contributed by atoms with Crippen molar-refractivity contribution in [1.29, 1.82) is 0 Å². The summed E-state index contributed by atoms with van der Waals surface area (Å²) in [5.41, 5.74) is 0.862. The summed E-state index contributed by atoms with van der Waals surface area (Å²) < 4.78 is 50.5. The summed E-state index contributed by atoms with van der Waals surface area (Å²) in [5.74, 6) is 0.381. The molecule has 0 aliphatic carbocycles. The lowest BCUT2D eigenvalue weighted by Crippen LogP contribution is -2.54. The summed E-state index contributed by atoms with van der Waals surface area (Å²) in [6.45, 7) is 6.30. The second kappa shape index (κ2) is 13.5. The van der Waals surface area contributed by atoms with Crippen molar-refractivity contribution in [3.63, 3.8) is 0 Å². The molecule has 178 valence electrons. The van der Waals surface area contributed by atoms with Crippen molar-refractivity contribution in [3.8, 4) is 0 Å². The SMILES string of the molecule is CN=C(NCC(OC)c1ccc(F)cc1)N1CCN(S(=O)(=O)CCOC(C)C)CC1.I. The maximum absolute atomic E-state index is 13.1. The quantitative estimate of drug-likeness (QED) is 0.277. The normalized spacial score (nSPS) is 16.8. The van der Waals surface area contributed by atoms with Crippen LogP contribution >= 0.6 is 24.0 Å². The van der Waals surface area contributed by atoms with Crippen LogP contribution in [0.15, 0.2) is 29.3 Å². The Bertz CT molecular complexity index is 785. The summed E-state index contributed by atoms with van der Waals surface area (Å²) in [6.07, 6.45) is -0.248. The van der Waals surface area contributed by atoms with Gasteiger partial charge >= 0.3 is 0 Å². The number of halogens is 2. The second-order valence-electron chi connectivity index (χ2n) is 7.33.